The molecule has 3 fully saturated rings. The van der Waals surface area contributed by atoms with Crippen molar-refractivity contribution in [1.82, 2.24) is 10.2 Å². The minimum atomic E-state index is -0.306. The molecule has 2 saturated carbocycles. The van der Waals surface area contributed by atoms with Crippen LogP contribution in [-0.4, -0.2) is 30.1 Å². The molecule has 2 aromatic rings. The van der Waals surface area contributed by atoms with Crippen LogP contribution in [-0.2, 0) is 16.0 Å². The lowest BCUT2D eigenvalue weighted by atomic mass is 9.49. The minimum absolute atomic E-state index is 0.00171. The normalized spacial score (nSPS) is 34.3. The molecule has 1 N–H and O–H groups in total. The van der Waals surface area contributed by atoms with Crippen LogP contribution in [0.5, 0.6) is 0 Å². The van der Waals surface area contributed by atoms with Crippen molar-refractivity contribution in [3.05, 3.63) is 83.6 Å². The van der Waals surface area contributed by atoms with Crippen molar-refractivity contribution in [2.45, 2.75) is 77.4 Å². The molecule has 0 radical (unpaired) electrons. The van der Waals surface area contributed by atoms with E-state index < -0.39 is 0 Å². The highest BCUT2D eigenvalue weighted by molar-refractivity contribution is 5.79. The fraction of sp³-hybridized carbons (Fsp3) is 0.529. The van der Waals surface area contributed by atoms with E-state index in [4.69, 9.17) is 4.74 Å². The standard InChI is InChI=1S/C34H42N2O3/c1-33-21-19-31(37)36(3)29(33)16-14-25-26-15-17-30(34(26,2)20-18-27(25)33)39-32(38)35-28(24-12-8-5-9-13-24)22-23-10-6-4-7-11-23/h4-13,16,25-28,30H,14-15,17-22H2,1-3H3,(H,35,38)/t25-,26-,27-,28?,30-,33+,34-/m0/s1. The van der Waals surface area contributed by atoms with Crippen LogP contribution in [0.4, 0.5) is 4.79 Å². The van der Waals surface area contributed by atoms with Crippen molar-refractivity contribution in [2.24, 2.45) is 28.6 Å². The summed E-state index contributed by atoms with van der Waals surface area (Å²) in [4.78, 5) is 27.8. The van der Waals surface area contributed by atoms with E-state index >= 15 is 0 Å². The van der Waals surface area contributed by atoms with Gasteiger partial charge in [0.1, 0.15) is 6.10 Å². The van der Waals surface area contributed by atoms with Gasteiger partial charge in [-0.1, -0.05) is 80.6 Å². The fourth-order valence-corrected chi connectivity index (χ4v) is 8.82. The third kappa shape index (κ3) is 4.58. The van der Waals surface area contributed by atoms with Crippen LogP contribution < -0.4 is 5.32 Å². The molecule has 1 unspecified atom stereocenters. The Hall–Kier alpha value is -3.08. The first-order valence-corrected chi connectivity index (χ1v) is 14.8. The molecule has 1 aliphatic heterocycles. The summed E-state index contributed by atoms with van der Waals surface area (Å²) in [6.07, 6.45) is 9.58. The second kappa shape index (κ2) is 10.1. The highest BCUT2D eigenvalue weighted by Gasteiger charge is 2.60. The third-order valence-corrected chi connectivity index (χ3v) is 11.0. The van der Waals surface area contributed by atoms with Gasteiger partial charge in [0, 0.05) is 30.0 Å². The van der Waals surface area contributed by atoms with E-state index in [2.05, 4.69) is 49.5 Å². The molecule has 39 heavy (non-hydrogen) atoms. The van der Waals surface area contributed by atoms with Crippen molar-refractivity contribution in [3.63, 3.8) is 0 Å². The van der Waals surface area contributed by atoms with Gasteiger partial charge in [0.25, 0.3) is 0 Å². The van der Waals surface area contributed by atoms with E-state index in [0.29, 0.717) is 24.2 Å². The van der Waals surface area contributed by atoms with Gasteiger partial charge < -0.3 is 15.0 Å². The summed E-state index contributed by atoms with van der Waals surface area (Å²) in [5, 5.41) is 3.22. The molecule has 7 atom stereocenters. The molecule has 5 heteroatoms. The maximum atomic E-state index is 13.4. The Kier molecular flexibility index (Phi) is 6.81. The predicted molar refractivity (Wildman–Crippen MR) is 153 cm³/mol. The number of piperidine rings is 1. The van der Waals surface area contributed by atoms with Crippen molar-refractivity contribution < 1.29 is 14.3 Å². The first-order chi connectivity index (χ1) is 18.8. The maximum absolute atomic E-state index is 13.4. The number of benzene rings is 2. The predicted octanol–water partition coefficient (Wildman–Crippen LogP) is 7.05. The van der Waals surface area contributed by atoms with Crippen molar-refractivity contribution in [2.75, 3.05) is 7.05 Å². The Balaban J connectivity index is 1.17. The number of hydrogen-bond acceptors (Lipinski definition) is 3. The first kappa shape index (κ1) is 26.2. The number of hydrogen-bond donors (Lipinski definition) is 1. The first-order valence-electron chi connectivity index (χ1n) is 14.8. The van der Waals surface area contributed by atoms with Crippen LogP contribution in [0.1, 0.15) is 76.0 Å². The number of fused-ring (bicyclic) bond motifs is 5. The Bertz CT molecular complexity index is 1240. The summed E-state index contributed by atoms with van der Waals surface area (Å²) < 4.78 is 6.30. The molecule has 6 rings (SSSR count). The fourth-order valence-electron chi connectivity index (χ4n) is 8.82. The topological polar surface area (TPSA) is 58.6 Å². The Morgan fingerprint density at radius 2 is 1.72 bits per heavy atom. The van der Waals surface area contributed by atoms with Gasteiger partial charge >= 0.3 is 6.09 Å². The van der Waals surface area contributed by atoms with Crippen molar-refractivity contribution in [3.8, 4) is 0 Å². The van der Waals surface area contributed by atoms with Crippen LogP contribution in [0, 0.1) is 28.6 Å². The average molecular weight is 527 g/mol. The zero-order valence-electron chi connectivity index (χ0n) is 23.6. The zero-order chi connectivity index (χ0) is 27.2. The Morgan fingerprint density at radius 3 is 2.46 bits per heavy atom. The average Bonchev–Trinajstić information content (AvgIpc) is 3.27. The van der Waals surface area contributed by atoms with Gasteiger partial charge in [-0.05, 0) is 73.8 Å². The number of nitrogens with zero attached hydrogens (tertiary/aromatic N) is 1. The van der Waals surface area contributed by atoms with E-state index in [-0.39, 0.29) is 35.0 Å². The van der Waals surface area contributed by atoms with Crippen LogP contribution in [0.15, 0.2) is 72.4 Å². The molecule has 1 heterocycles. The molecule has 0 spiro atoms. The lowest BCUT2D eigenvalue weighted by Crippen LogP contribution is -2.54. The summed E-state index contributed by atoms with van der Waals surface area (Å²) in [7, 11) is 1.96. The monoisotopic (exact) mass is 526 g/mol. The highest BCUT2D eigenvalue weighted by Crippen LogP contribution is 2.64. The molecule has 2 aromatic carbocycles. The number of alkyl carbamates (subject to hydrolysis) is 1. The number of carbonyl (C=O) groups is 2. The van der Waals surface area contributed by atoms with E-state index in [1.54, 1.807) is 0 Å². The summed E-state index contributed by atoms with van der Waals surface area (Å²) in [6, 6.07) is 20.4. The van der Waals surface area contributed by atoms with Crippen molar-refractivity contribution in [1.29, 1.82) is 0 Å². The quantitative estimate of drug-likeness (QED) is 0.454. The minimum Gasteiger partial charge on any atom is -0.446 e. The van der Waals surface area contributed by atoms with Gasteiger partial charge in [-0.25, -0.2) is 4.79 Å². The van der Waals surface area contributed by atoms with Crippen LogP contribution >= 0.6 is 0 Å². The van der Waals surface area contributed by atoms with E-state index in [0.717, 1.165) is 50.5 Å². The molecular weight excluding hydrogens is 484 g/mol. The maximum Gasteiger partial charge on any atom is 0.407 e. The second-order valence-corrected chi connectivity index (χ2v) is 12.9. The molecule has 1 saturated heterocycles. The molecule has 5 nitrogen and oxygen atoms in total. The number of amides is 2. The van der Waals surface area contributed by atoms with Gasteiger partial charge in [0.15, 0.2) is 0 Å². The molecule has 0 aromatic heterocycles. The summed E-state index contributed by atoms with van der Waals surface area (Å²) in [5.74, 6) is 1.97. The highest BCUT2D eigenvalue weighted by atomic mass is 16.6. The molecular formula is C34H42N2O3. The van der Waals surface area contributed by atoms with Gasteiger partial charge in [0.2, 0.25) is 5.91 Å². The molecule has 3 aliphatic carbocycles. The zero-order valence-corrected chi connectivity index (χ0v) is 23.6. The number of allylic oxidation sites excluding steroid dienone is 2. The van der Waals surface area contributed by atoms with Gasteiger partial charge in [-0.3, -0.25) is 4.79 Å². The van der Waals surface area contributed by atoms with Crippen molar-refractivity contribution >= 4 is 12.0 Å². The molecule has 2 amide bonds. The lowest BCUT2D eigenvalue weighted by molar-refractivity contribution is -0.136. The van der Waals surface area contributed by atoms with E-state index in [1.165, 1.54) is 11.3 Å². The molecule has 206 valence electrons. The molecule has 4 aliphatic rings. The van der Waals surface area contributed by atoms with Crippen LogP contribution in [0.3, 0.4) is 0 Å². The number of likely N-dealkylation sites (tertiary alicyclic amines) is 1. The number of carbonyl (C=O) groups excluding carboxylic acids is 2. The third-order valence-electron chi connectivity index (χ3n) is 11.0. The van der Waals surface area contributed by atoms with Gasteiger partial charge in [-0.15, -0.1) is 0 Å². The van der Waals surface area contributed by atoms with Crippen LogP contribution in [0.25, 0.3) is 0 Å². The summed E-state index contributed by atoms with van der Waals surface area (Å²) in [6.45, 7) is 4.77. The largest absolute Gasteiger partial charge is 0.446 e. The summed E-state index contributed by atoms with van der Waals surface area (Å²) >= 11 is 0. The molecule has 0 bridgehead atoms. The smallest absolute Gasteiger partial charge is 0.407 e. The Morgan fingerprint density at radius 1 is 1.00 bits per heavy atom. The SMILES string of the molecule is CN1C(=O)CC[C@@]2(C)C1=CC[C@H]1[C@@H]3CC[C@H](OC(=O)NC(Cc4ccccc4)c4ccccc4)[C@@]3(C)CC[C@@H]12. The van der Waals surface area contributed by atoms with E-state index in [9.17, 15) is 9.59 Å². The second-order valence-electron chi connectivity index (χ2n) is 12.9. The van der Waals surface area contributed by atoms with Crippen LogP contribution in [0.2, 0.25) is 0 Å². The number of ether oxygens (including phenoxy) is 1. The number of rotatable bonds is 5. The summed E-state index contributed by atoms with van der Waals surface area (Å²) in [5.41, 5.74) is 3.59. The lowest BCUT2D eigenvalue weighted by Gasteiger charge is -2.58. The Labute approximate surface area is 233 Å². The van der Waals surface area contributed by atoms with E-state index in [1.807, 2.05) is 48.3 Å². The van der Waals surface area contributed by atoms with Gasteiger partial charge in [0.05, 0.1) is 6.04 Å². The number of nitrogens with one attached hydrogen (secondary N) is 1. The van der Waals surface area contributed by atoms with Gasteiger partial charge in [-0.2, -0.15) is 0 Å².